The molecule has 1 fully saturated rings. The van der Waals surface area contributed by atoms with Gasteiger partial charge in [0.2, 0.25) is 5.91 Å². The Kier molecular flexibility index (Phi) is 9.72. The molecular weight excluding hydrogens is 567 g/mol. The van der Waals surface area contributed by atoms with Crippen molar-refractivity contribution in [1.29, 1.82) is 0 Å². The monoisotopic (exact) mass is 595 g/mol. The van der Waals surface area contributed by atoms with E-state index in [-0.39, 0.29) is 57.7 Å². The van der Waals surface area contributed by atoms with E-state index in [0.29, 0.717) is 31.4 Å². The Morgan fingerprint density at radius 3 is 2.35 bits per heavy atom. The average molecular weight is 596 g/mol. The van der Waals surface area contributed by atoms with Crippen LogP contribution in [0.25, 0.3) is 0 Å². The number of aliphatic hydroxyl groups excluding tert-OH is 1. The Labute approximate surface area is 240 Å². The van der Waals surface area contributed by atoms with Crippen LogP contribution in [-0.2, 0) is 16.2 Å². The molecule has 0 radical (unpaired) electrons. The number of aliphatic hydroxyl groups is 1. The average Bonchev–Trinajstić information content (AvgIpc) is 3.28. The fraction of sp³-hybridized carbons (Fsp3) is 0.407. The third-order valence-corrected chi connectivity index (χ3v) is 7.69. The maximum atomic E-state index is 13.9. The van der Waals surface area contributed by atoms with Crippen LogP contribution in [0.1, 0.15) is 65.0 Å². The first-order valence-electron chi connectivity index (χ1n) is 12.7. The molecule has 1 aliphatic rings. The largest absolute Gasteiger partial charge is 0.386 e. The molecule has 2 aromatic heterocycles. The van der Waals surface area contributed by atoms with Crippen LogP contribution < -0.4 is 5.48 Å². The molecule has 1 saturated carbocycles. The Balaban J connectivity index is 1.58. The summed E-state index contributed by atoms with van der Waals surface area (Å²) in [4.78, 5) is 35.8. The number of nitrogens with zero attached hydrogens (tertiary/aromatic N) is 4. The number of hydroxylamine groups is 1. The van der Waals surface area contributed by atoms with E-state index in [2.05, 4.69) is 15.6 Å². The molecule has 2 heterocycles. The van der Waals surface area contributed by atoms with Crippen molar-refractivity contribution >= 4 is 35.0 Å². The molecule has 1 atom stereocenters. The highest BCUT2D eigenvalue weighted by atomic mass is 35.5. The minimum Gasteiger partial charge on any atom is -0.386 e. The van der Waals surface area contributed by atoms with Crippen molar-refractivity contribution in [1.82, 2.24) is 25.1 Å². The lowest BCUT2D eigenvalue weighted by Gasteiger charge is -2.29. The van der Waals surface area contributed by atoms with Gasteiger partial charge in [-0.05, 0) is 50.3 Å². The van der Waals surface area contributed by atoms with Gasteiger partial charge in [-0.25, -0.2) is 14.3 Å². The van der Waals surface area contributed by atoms with Gasteiger partial charge in [-0.15, -0.1) is 0 Å². The zero-order chi connectivity index (χ0) is 29.0. The zero-order valence-electron chi connectivity index (χ0n) is 21.9. The zero-order valence-corrected chi connectivity index (χ0v) is 23.4. The van der Waals surface area contributed by atoms with Crippen molar-refractivity contribution in [3.05, 3.63) is 80.9 Å². The minimum atomic E-state index is -1.31. The summed E-state index contributed by atoms with van der Waals surface area (Å²) in [6, 6.07) is 2.97. The predicted molar refractivity (Wildman–Crippen MR) is 143 cm³/mol. The number of benzene rings is 1. The number of rotatable bonds is 9. The number of carbonyl (C=O) groups is 2. The van der Waals surface area contributed by atoms with Gasteiger partial charge in [0.25, 0.3) is 5.91 Å². The smallest absolute Gasteiger partial charge is 0.257 e. The van der Waals surface area contributed by atoms with E-state index in [9.17, 15) is 23.5 Å². The molecule has 13 heteroatoms. The molecule has 2 amide bonds. The number of hydrogen-bond donors (Lipinski definition) is 2. The molecule has 2 N–H and O–H groups in total. The first-order valence-corrected chi connectivity index (χ1v) is 13.4. The molecule has 1 unspecified atom stereocenters. The van der Waals surface area contributed by atoms with Gasteiger partial charge in [0.15, 0.2) is 0 Å². The molecule has 1 aromatic carbocycles. The number of nitrogens with one attached hydrogen (secondary N) is 1. The maximum absolute atomic E-state index is 13.9. The second-order valence-electron chi connectivity index (χ2n) is 9.76. The molecule has 9 nitrogen and oxygen atoms in total. The molecule has 40 heavy (non-hydrogen) atoms. The van der Waals surface area contributed by atoms with Gasteiger partial charge in [0.1, 0.15) is 11.6 Å². The number of aromatic nitrogens is 3. The molecule has 3 aromatic rings. The van der Waals surface area contributed by atoms with Crippen molar-refractivity contribution in [3.8, 4) is 0 Å². The summed E-state index contributed by atoms with van der Waals surface area (Å²) < 4.78 is 29.7. The third-order valence-electron chi connectivity index (χ3n) is 7.09. The van der Waals surface area contributed by atoms with Crippen LogP contribution in [0.5, 0.6) is 0 Å². The van der Waals surface area contributed by atoms with Gasteiger partial charge in [0.05, 0.1) is 47.6 Å². The summed E-state index contributed by atoms with van der Waals surface area (Å²) >= 11 is 12.4. The molecule has 0 bridgehead atoms. The molecule has 4 rings (SSSR count). The third kappa shape index (κ3) is 6.77. The van der Waals surface area contributed by atoms with Crippen molar-refractivity contribution in [2.75, 3.05) is 13.7 Å². The maximum Gasteiger partial charge on any atom is 0.257 e. The standard InChI is InChI=1S/C27H29Cl2F2N5O4/c1-15-21(10-33-36(15)20-5-3-17(4-6-20)26(38)34-40-2)27(39)35(13-16-7-18(30)9-19(31)8-16)14-24(37)25-22(28)11-32-12-23(25)29/h7-12,17,20,24,37H,3-6,13-14H2,1-2H3,(H,34,38)/t17-,20-,24?. The van der Waals surface area contributed by atoms with Gasteiger partial charge in [-0.2, -0.15) is 5.10 Å². The molecule has 0 spiro atoms. The first-order chi connectivity index (χ1) is 19.1. The lowest BCUT2D eigenvalue weighted by Crippen LogP contribution is -2.35. The Hall–Kier alpha value is -3.12. The van der Waals surface area contributed by atoms with Gasteiger partial charge in [-0.3, -0.25) is 24.1 Å². The second-order valence-corrected chi connectivity index (χ2v) is 10.6. The highest BCUT2D eigenvalue weighted by molar-refractivity contribution is 6.35. The van der Waals surface area contributed by atoms with E-state index >= 15 is 0 Å². The lowest BCUT2D eigenvalue weighted by molar-refractivity contribution is -0.136. The fourth-order valence-corrected chi connectivity index (χ4v) is 5.74. The highest BCUT2D eigenvalue weighted by Gasteiger charge is 2.31. The SMILES string of the molecule is CONC(=O)[C@H]1CC[C@H](n2ncc(C(=O)N(Cc3cc(F)cc(F)c3)CC(O)c3c(Cl)cncc3Cl)c2C)CC1. The molecule has 0 aliphatic heterocycles. The van der Waals surface area contributed by atoms with Crippen molar-refractivity contribution in [2.45, 2.75) is 51.3 Å². The van der Waals surface area contributed by atoms with E-state index in [1.165, 1.54) is 30.6 Å². The predicted octanol–water partition coefficient (Wildman–Crippen LogP) is 4.96. The van der Waals surface area contributed by atoms with E-state index in [4.69, 9.17) is 28.0 Å². The van der Waals surface area contributed by atoms with Crippen LogP contribution in [0.4, 0.5) is 8.78 Å². The number of halogens is 4. The van der Waals surface area contributed by atoms with Crippen LogP contribution in [0.3, 0.4) is 0 Å². The van der Waals surface area contributed by atoms with Gasteiger partial charge in [0, 0.05) is 42.2 Å². The first kappa shape index (κ1) is 29.9. The number of hydrogen-bond acceptors (Lipinski definition) is 6. The van der Waals surface area contributed by atoms with Crippen LogP contribution >= 0.6 is 23.2 Å². The molecule has 214 valence electrons. The quantitative estimate of drug-likeness (QED) is 0.338. The fourth-order valence-electron chi connectivity index (χ4n) is 5.12. The van der Waals surface area contributed by atoms with Crippen molar-refractivity contribution in [3.63, 3.8) is 0 Å². The second kappa shape index (κ2) is 13.0. The summed E-state index contributed by atoms with van der Waals surface area (Å²) in [5, 5.41) is 15.7. The highest BCUT2D eigenvalue weighted by Crippen LogP contribution is 2.34. The van der Waals surface area contributed by atoms with Gasteiger partial charge in [-0.1, -0.05) is 23.2 Å². The van der Waals surface area contributed by atoms with Crippen LogP contribution in [0.15, 0.2) is 36.8 Å². The molecule has 1 aliphatic carbocycles. The Morgan fingerprint density at radius 1 is 1.12 bits per heavy atom. The summed E-state index contributed by atoms with van der Waals surface area (Å²) in [6.07, 6.45) is 5.42. The van der Waals surface area contributed by atoms with Crippen LogP contribution in [0.2, 0.25) is 10.0 Å². The molecule has 0 saturated heterocycles. The Bertz CT molecular complexity index is 1340. The number of amides is 2. The lowest BCUT2D eigenvalue weighted by atomic mass is 9.85. The summed E-state index contributed by atoms with van der Waals surface area (Å²) in [6.45, 7) is 1.29. The van der Waals surface area contributed by atoms with E-state index in [0.717, 1.165) is 18.2 Å². The van der Waals surface area contributed by atoms with E-state index in [1.54, 1.807) is 11.6 Å². The van der Waals surface area contributed by atoms with Gasteiger partial charge < -0.3 is 10.0 Å². The van der Waals surface area contributed by atoms with Crippen LogP contribution in [-0.4, -0.2) is 50.2 Å². The summed E-state index contributed by atoms with van der Waals surface area (Å²) in [7, 11) is 1.39. The normalized spacial score (nSPS) is 17.9. The summed E-state index contributed by atoms with van der Waals surface area (Å²) in [5.74, 6) is -2.40. The topological polar surface area (TPSA) is 110 Å². The number of carbonyl (C=O) groups excluding carboxylic acids is 2. The number of pyridine rings is 1. The van der Waals surface area contributed by atoms with Crippen molar-refractivity contribution < 1.29 is 28.3 Å². The molecular formula is C27H29Cl2F2N5O4. The van der Waals surface area contributed by atoms with Crippen LogP contribution in [0, 0.1) is 24.5 Å². The minimum absolute atomic E-state index is 0.0149. The Morgan fingerprint density at radius 2 is 1.75 bits per heavy atom. The van der Waals surface area contributed by atoms with Crippen molar-refractivity contribution in [2.24, 2.45) is 5.92 Å². The van der Waals surface area contributed by atoms with Gasteiger partial charge >= 0.3 is 0 Å². The van der Waals surface area contributed by atoms with E-state index in [1.807, 2.05) is 0 Å². The summed E-state index contributed by atoms with van der Waals surface area (Å²) in [5.41, 5.74) is 3.63. The van der Waals surface area contributed by atoms with E-state index < -0.39 is 23.6 Å².